The molecule has 14 heavy (non-hydrogen) atoms. The van der Waals surface area contributed by atoms with Crippen molar-refractivity contribution in [3.8, 4) is 0 Å². The minimum Gasteiger partial charge on any atom is -0.394 e. The van der Waals surface area contributed by atoms with Gasteiger partial charge >= 0.3 is 0 Å². The number of hydrogen-bond donors (Lipinski definition) is 4. The quantitative estimate of drug-likeness (QED) is 0.421. The Balaban J connectivity index is 2.63. The molecular formula is C8H16O6. The second kappa shape index (κ2) is 5.01. The maximum atomic E-state index is 9.41. The van der Waals surface area contributed by atoms with Crippen LogP contribution in [-0.4, -0.2) is 64.3 Å². The Hall–Kier alpha value is -0.240. The maximum absolute atomic E-state index is 9.41. The van der Waals surface area contributed by atoms with Crippen LogP contribution in [0.4, 0.5) is 0 Å². The second-order valence-electron chi connectivity index (χ2n) is 3.15. The van der Waals surface area contributed by atoms with E-state index in [0.29, 0.717) is 6.61 Å². The Kier molecular flexibility index (Phi) is 4.24. The predicted molar refractivity (Wildman–Crippen MR) is 45.4 cm³/mol. The Morgan fingerprint density at radius 2 is 1.79 bits per heavy atom. The summed E-state index contributed by atoms with van der Waals surface area (Å²) in [5.41, 5.74) is 0. The molecule has 0 aromatic heterocycles. The molecule has 1 heterocycles. The van der Waals surface area contributed by atoms with Crippen molar-refractivity contribution in [1.29, 1.82) is 0 Å². The normalized spacial score (nSPS) is 43.9. The Labute approximate surface area is 81.7 Å². The van der Waals surface area contributed by atoms with Crippen molar-refractivity contribution in [1.82, 2.24) is 0 Å². The van der Waals surface area contributed by atoms with Crippen molar-refractivity contribution >= 4 is 0 Å². The van der Waals surface area contributed by atoms with Gasteiger partial charge in [0.05, 0.1) is 6.61 Å². The van der Waals surface area contributed by atoms with Gasteiger partial charge in [-0.2, -0.15) is 0 Å². The van der Waals surface area contributed by atoms with Crippen molar-refractivity contribution in [2.75, 3.05) is 13.2 Å². The standard InChI is InChI=1S/C8H16O6/c1-2-13-8-7(12)6(11)5(10)4(3-9)14-8/h4-12H,2-3H2,1H3/t4-,5+,6?,7-,8?/m1/s1. The average Bonchev–Trinajstić information content (AvgIpc) is 2.19. The van der Waals surface area contributed by atoms with Gasteiger partial charge in [-0.1, -0.05) is 0 Å². The highest BCUT2D eigenvalue weighted by molar-refractivity contribution is 4.88. The highest BCUT2D eigenvalue weighted by Crippen LogP contribution is 2.21. The molecule has 0 amide bonds. The molecule has 1 fully saturated rings. The third kappa shape index (κ3) is 2.22. The summed E-state index contributed by atoms with van der Waals surface area (Å²) in [5.74, 6) is 0. The first-order valence-electron chi connectivity index (χ1n) is 4.54. The molecule has 1 rings (SSSR count). The van der Waals surface area contributed by atoms with E-state index in [-0.39, 0.29) is 0 Å². The first-order chi connectivity index (χ1) is 6.61. The zero-order valence-electron chi connectivity index (χ0n) is 7.91. The Bertz CT molecular complexity index is 171. The van der Waals surface area contributed by atoms with E-state index < -0.39 is 37.3 Å². The molecule has 1 aliphatic heterocycles. The van der Waals surface area contributed by atoms with Gasteiger partial charge in [0, 0.05) is 6.61 Å². The van der Waals surface area contributed by atoms with Crippen molar-refractivity contribution in [3.63, 3.8) is 0 Å². The van der Waals surface area contributed by atoms with Gasteiger partial charge in [0.15, 0.2) is 6.29 Å². The summed E-state index contributed by atoms with van der Waals surface area (Å²) in [5, 5.41) is 36.9. The van der Waals surface area contributed by atoms with E-state index >= 15 is 0 Å². The largest absolute Gasteiger partial charge is 0.394 e. The summed E-state index contributed by atoms with van der Waals surface area (Å²) in [6.07, 6.45) is -5.89. The molecule has 1 saturated heterocycles. The molecule has 84 valence electrons. The van der Waals surface area contributed by atoms with Gasteiger partial charge in [-0.15, -0.1) is 0 Å². The zero-order valence-corrected chi connectivity index (χ0v) is 7.91. The number of rotatable bonds is 3. The fourth-order valence-electron chi connectivity index (χ4n) is 1.37. The van der Waals surface area contributed by atoms with Crippen LogP contribution in [0.5, 0.6) is 0 Å². The van der Waals surface area contributed by atoms with E-state index in [0.717, 1.165) is 0 Å². The first-order valence-corrected chi connectivity index (χ1v) is 4.54. The van der Waals surface area contributed by atoms with E-state index in [1.54, 1.807) is 6.92 Å². The van der Waals surface area contributed by atoms with Crippen molar-refractivity contribution in [2.24, 2.45) is 0 Å². The van der Waals surface area contributed by atoms with Crippen LogP contribution in [0.3, 0.4) is 0 Å². The highest BCUT2D eigenvalue weighted by atomic mass is 16.7. The molecule has 0 saturated carbocycles. The Morgan fingerprint density at radius 3 is 2.29 bits per heavy atom. The fourth-order valence-corrected chi connectivity index (χ4v) is 1.37. The Morgan fingerprint density at radius 1 is 1.14 bits per heavy atom. The second-order valence-corrected chi connectivity index (χ2v) is 3.15. The van der Waals surface area contributed by atoms with Gasteiger partial charge in [0.1, 0.15) is 24.4 Å². The van der Waals surface area contributed by atoms with Gasteiger partial charge in [-0.25, -0.2) is 0 Å². The lowest BCUT2D eigenvalue weighted by atomic mass is 9.99. The highest BCUT2D eigenvalue weighted by Gasteiger charge is 2.43. The minimum absolute atomic E-state index is 0.308. The fraction of sp³-hybridized carbons (Fsp3) is 1.00. The third-order valence-corrected chi connectivity index (χ3v) is 2.18. The van der Waals surface area contributed by atoms with Crippen LogP contribution in [0, 0.1) is 0 Å². The average molecular weight is 208 g/mol. The van der Waals surface area contributed by atoms with E-state index in [2.05, 4.69) is 0 Å². The molecule has 2 unspecified atom stereocenters. The molecular weight excluding hydrogens is 192 g/mol. The smallest absolute Gasteiger partial charge is 0.186 e. The molecule has 6 nitrogen and oxygen atoms in total. The summed E-state index contributed by atoms with van der Waals surface area (Å²) in [6, 6.07) is 0. The lowest BCUT2D eigenvalue weighted by molar-refractivity contribution is -0.300. The van der Waals surface area contributed by atoms with Crippen molar-refractivity contribution in [2.45, 2.75) is 37.6 Å². The minimum atomic E-state index is -1.36. The number of aliphatic hydroxyl groups is 4. The molecule has 0 bridgehead atoms. The van der Waals surface area contributed by atoms with Gasteiger partial charge in [0.2, 0.25) is 0 Å². The van der Waals surface area contributed by atoms with Crippen LogP contribution in [0.1, 0.15) is 6.92 Å². The van der Waals surface area contributed by atoms with Crippen LogP contribution in [0.25, 0.3) is 0 Å². The SMILES string of the molecule is CCOC1O[C@H](CO)[C@H](O)C(O)[C@H]1O. The summed E-state index contributed by atoms with van der Waals surface area (Å²) >= 11 is 0. The molecule has 0 radical (unpaired) electrons. The number of aliphatic hydroxyl groups excluding tert-OH is 4. The van der Waals surface area contributed by atoms with Crippen LogP contribution in [0.2, 0.25) is 0 Å². The summed E-state index contributed by atoms with van der Waals surface area (Å²) in [7, 11) is 0. The van der Waals surface area contributed by atoms with Gasteiger partial charge in [-0.3, -0.25) is 0 Å². The lowest BCUT2D eigenvalue weighted by Crippen LogP contribution is -2.59. The van der Waals surface area contributed by atoms with Gasteiger partial charge in [0.25, 0.3) is 0 Å². The topological polar surface area (TPSA) is 99.4 Å². The lowest BCUT2D eigenvalue weighted by Gasteiger charge is -2.39. The first kappa shape index (κ1) is 11.8. The predicted octanol–water partition coefficient (Wildman–Crippen LogP) is -2.18. The number of hydrogen-bond acceptors (Lipinski definition) is 6. The third-order valence-electron chi connectivity index (χ3n) is 2.18. The van der Waals surface area contributed by atoms with E-state index in [1.165, 1.54) is 0 Å². The molecule has 0 aromatic carbocycles. The van der Waals surface area contributed by atoms with Crippen LogP contribution in [0.15, 0.2) is 0 Å². The molecule has 1 aliphatic rings. The summed E-state index contributed by atoms with van der Waals surface area (Å²) < 4.78 is 10.0. The van der Waals surface area contributed by atoms with E-state index in [9.17, 15) is 15.3 Å². The summed E-state index contributed by atoms with van der Waals surface area (Å²) in [4.78, 5) is 0. The number of ether oxygens (including phenoxy) is 2. The van der Waals surface area contributed by atoms with E-state index in [1.807, 2.05) is 0 Å². The molecule has 4 N–H and O–H groups in total. The molecule has 0 aliphatic carbocycles. The van der Waals surface area contributed by atoms with Crippen molar-refractivity contribution < 1.29 is 29.9 Å². The molecule has 0 aromatic rings. The summed E-state index contributed by atoms with van der Waals surface area (Å²) in [6.45, 7) is 1.58. The molecule has 0 spiro atoms. The maximum Gasteiger partial charge on any atom is 0.186 e. The van der Waals surface area contributed by atoms with Gasteiger partial charge in [-0.05, 0) is 6.92 Å². The zero-order chi connectivity index (χ0) is 10.7. The van der Waals surface area contributed by atoms with Crippen LogP contribution in [-0.2, 0) is 9.47 Å². The van der Waals surface area contributed by atoms with Crippen LogP contribution < -0.4 is 0 Å². The molecule has 6 heteroatoms. The van der Waals surface area contributed by atoms with Crippen molar-refractivity contribution in [3.05, 3.63) is 0 Å². The monoisotopic (exact) mass is 208 g/mol. The van der Waals surface area contributed by atoms with Crippen LogP contribution >= 0.6 is 0 Å². The molecule has 5 atom stereocenters. The van der Waals surface area contributed by atoms with E-state index in [4.69, 9.17) is 14.6 Å². The van der Waals surface area contributed by atoms with Gasteiger partial charge < -0.3 is 29.9 Å².